The number of sulfonamides is 1. The molecular formula is C33H40N4O7S. The van der Waals surface area contributed by atoms with Crippen molar-refractivity contribution < 1.29 is 27.7 Å². The second kappa shape index (κ2) is 14.6. The van der Waals surface area contributed by atoms with Gasteiger partial charge in [-0.15, -0.1) is 0 Å². The molecule has 11 nitrogen and oxygen atoms in total. The van der Waals surface area contributed by atoms with Gasteiger partial charge in [0, 0.05) is 24.2 Å². The van der Waals surface area contributed by atoms with Gasteiger partial charge in [-0.3, -0.25) is 24.0 Å². The molecule has 1 fully saturated rings. The highest BCUT2D eigenvalue weighted by Gasteiger charge is 2.34. The summed E-state index contributed by atoms with van der Waals surface area (Å²) in [7, 11) is -3.01. The first-order chi connectivity index (χ1) is 21.4. The Bertz CT molecular complexity index is 1640. The topological polar surface area (TPSA) is 139 Å². The van der Waals surface area contributed by atoms with Crippen LogP contribution < -0.4 is 14.4 Å². The summed E-state index contributed by atoms with van der Waals surface area (Å²) in [6, 6.07) is 16.4. The monoisotopic (exact) mass is 636 g/mol. The molecule has 240 valence electrons. The average Bonchev–Trinajstić information content (AvgIpc) is 3.02. The predicted octanol–water partition coefficient (Wildman–Crippen LogP) is 5.28. The summed E-state index contributed by atoms with van der Waals surface area (Å²) in [5.74, 6) is -0.442. The summed E-state index contributed by atoms with van der Waals surface area (Å²) < 4.78 is 34.4. The number of aryl methyl sites for hydroxylation is 2. The number of ether oxygens (including phenoxy) is 1. The van der Waals surface area contributed by atoms with Crippen LogP contribution in [0.15, 0.2) is 71.6 Å². The van der Waals surface area contributed by atoms with Crippen LogP contribution in [0, 0.1) is 24.0 Å². The molecule has 12 heteroatoms. The van der Waals surface area contributed by atoms with Gasteiger partial charge < -0.3 is 15.0 Å². The number of anilines is 1. The van der Waals surface area contributed by atoms with Gasteiger partial charge in [-0.05, 0) is 69.5 Å². The Hall–Kier alpha value is -4.45. The number of carbonyl (C=O) groups excluding carboxylic acids is 2. The first-order valence-corrected chi connectivity index (χ1v) is 16.4. The van der Waals surface area contributed by atoms with E-state index < -0.39 is 33.4 Å². The number of nitro groups is 1. The molecule has 0 radical (unpaired) electrons. The van der Waals surface area contributed by atoms with Crippen molar-refractivity contribution in [1.82, 2.24) is 10.2 Å². The Kier molecular flexibility index (Phi) is 10.8. The zero-order valence-corrected chi connectivity index (χ0v) is 26.9. The molecule has 0 spiro atoms. The number of hydrogen-bond donors (Lipinski definition) is 1. The maximum Gasteiger partial charge on any atom is 0.273 e. The van der Waals surface area contributed by atoms with Gasteiger partial charge in [-0.2, -0.15) is 0 Å². The van der Waals surface area contributed by atoms with Gasteiger partial charge in [0.1, 0.15) is 18.3 Å². The van der Waals surface area contributed by atoms with Crippen molar-refractivity contribution in [3.63, 3.8) is 0 Å². The third-order valence-corrected chi connectivity index (χ3v) is 9.93. The van der Waals surface area contributed by atoms with Crippen LogP contribution in [0.3, 0.4) is 0 Å². The molecule has 1 aliphatic rings. The molecule has 2 amide bonds. The van der Waals surface area contributed by atoms with E-state index in [1.807, 2.05) is 31.2 Å². The maximum atomic E-state index is 14.2. The van der Waals surface area contributed by atoms with E-state index in [0.717, 1.165) is 53.6 Å². The fraction of sp³-hybridized carbons (Fsp3) is 0.394. The van der Waals surface area contributed by atoms with Crippen LogP contribution in [0.4, 0.5) is 11.4 Å². The largest absolute Gasteiger partial charge is 0.497 e. The van der Waals surface area contributed by atoms with Gasteiger partial charge in [0.25, 0.3) is 15.7 Å². The molecular weight excluding hydrogens is 596 g/mol. The molecule has 0 bridgehead atoms. The van der Waals surface area contributed by atoms with E-state index in [1.165, 1.54) is 43.2 Å². The summed E-state index contributed by atoms with van der Waals surface area (Å²) in [5, 5.41) is 14.7. The molecule has 1 atom stereocenters. The standard InChI is InChI=1S/C33H40N4O7S/c1-23-9-8-10-26(19-23)21-35(25(3)33(39)34-27-11-6-5-7-12-27)32(38)22-36(28-14-16-29(44-4)17-15-28)45(42,43)30-18-13-24(2)31(20-30)37(40)41/h8-10,13-20,25,27H,5-7,11-12,21-22H2,1-4H3,(H,34,39). The predicted molar refractivity (Wildman–Crippen MR) is 172 cm³/mol. The van der Waals surface area contributed by atoms with E-state index in [4.69, 9.17) is 4.74 Å². The number of hydrogen-bond acceptors (Lipinski definition) is 7. The molecule has 0 saturated heterocycles. The molecule has 0 aliphatic heterocycles. The zero-order valence-electron chi connectivity index (χ0n) is 26.1. The van der Waals surface area contributed by atoms with E-state index in [2.05, 4.69) is 5.32 Å². The van der Waals surface area contributed by atoms with Gasteiger partial charge in [-0.25, -0.2) is 8.42 Å². The molecule has 1 saturated carbocycles. The minimum Gasteiger partial charge on any atom is -0.497 e. The number of nitrogens with one attached hydrogen (secondary N) is 1. The lowest BCUT2D eigenvalue weighted by atomic mass is 9.95. The van der Waals surface area contributed by atoms with Crippen molar-refractivity contribution in [3.05, 3.63) is 93.5 Å². The van der Waals surface area contributed by atoms with Gasteiger partial charge in [0.2, 0.25) is 11.8 Å². The highest BCUT2D eigenvalue weighted by Crippen LogP contribution is 2.29. The van der Waals surface area contributed by atoms with Crippen molar-refractivity contribution in [3.8, 4) is 5.75 Å². The van der Waals surface area contributed by atoms with Gasteiger partial charge in [-0.1, -0.05) is 55.2 Å². The number of benzene rings is 3. The third kappa shape index (κ3) is 8.18. The lowest BCUT2D eigenvalue weighted by molar-refractivity contribution is -0.385. The SMILES string of the molecule is COc1ccc(N(CC(=O)N(Cc2cccc(C)c2)C(C)C(=O)NC2CCCCC2)S(=O)(=O)c2ccc(C)c([N+](=O)[O-])c2)cc1. The molecule has 1 aliphatic carbocycles. The number of nitro benzene ring substituents is 1. The van der Waals surface area contributed by atoms with E-state index in [9.17, 15) is 28.1 Å². The normalized spacial score (nSPS) is 14.3. The van der Waals surface area contributed by atoms with Gasteiger partial charge >= 0.3 is 0 Å². The van der Waals surface area contributed by atoms with Crippen LogP contribution in [0.2, 0.25) is 0 Å². The first-order valence-electron chi connectivity index (χ1n) is 15.0. The molecule has 3 aromatic rings. The number of nitrogens with zero attached hydrogens (tertiary/aromatic N) is 3. The second-order valence-electron chi connectivity index (χ2n) is 11.4. The van der Waals surface area contributed by atoms with Crippen LogP contribution in [0.1, 0.15) is 55.7 Å². The van der Waals surface area contributed by atoms with Gasteiger partial charge in [0.15, 0.2) is 0 Å². The van der Waals surface area contributed by atoms with E-state index >= 15 is 0 Å². The van der Waals surface area contributed by atoms with Crippen LogP contribution in [0.5, 0.6) is 5.75 Å². The lowest BCUT2D eigenvalue weighted by Crippen LogP contribution is -2.53. The fourth-order valence-corrected chi connectivity index (χ4v) is 6.94. The van der Waals surface area contributed by atoms with E-state index in [-0.39, 0.29) is 34.8 Å². The quantitative estimate of drug-likeness (QED) is 0.211. The van der Waals surface area contributed by atoms with Crippen LogP contribution in [0.25, 0.3) is 0 Å². The summed E-state index contributed by atoms with van der Waals surface area (Å²) in [6.07, 6.45) is 4.92. The smallest absolute Gasteiger partial charge is 0.273 e. The Morgan fingerprint density at radius 2 is 1.71 bits per heavy atom. The Labute approximate surface area is 264 Å². The van der Waals surface area contributed by atoms with Crippen molar-refractivity contribution in [2.24, 2.45) is 0 Å². The Morgan fingerprint density at radius 1 is 1.02 bits per heavy atom. The molecule has 1 unspecified atom stereocenters. The number of amides is 2. The minimum absolute atomic E-state index is 0.0260. The molecule has 0 heterocycles. The highest BCUT2D eigenvalue weighted by atomic mass is 32.2. The molecule has 0 aromatic heterocycles. The molecule has 1 N–H and O–H groups in total. The van der Waals surface area contributed by atoms with Crippen LogP contribution in [-0.4, -0.2) is 55.8 Å². The zero-order chi connectivity index (χ0) is 32.7. The van der Waals surface area contributed by atoms with E-state index in [0.29, 0.717) is 11.3 Å². The van der Waals surface area contributed by atoms with E-state index in [1.54, 1.807) is 19.1 Å². The average molecular weight is 637 g/mol. The maximum absolute atomic E-state index is 14.2. The second-order valence-corrected chi connectivity index (χ2v) is 13.3. The Balaban J connectivity index is 1.72. The van der Waals surface area contributed by atoms with Crippen molar-refractivity contribution >= 4 is 33.2 Å². The summed E-state index contributed by atoms with van der Waals surface area (Å²) in [5.41, 5.74) is 1.86. The first kappa shape index (κ1) is 33.4. The number of methoxy groups -OCH3 is 1. The Morgan fingerprint density at radius 3 is 2.33 bits per heavy atom. The van der Waals surface area contributed by atoms with Crippen LogP contribution in [-0.2, 0) is 26.2 Å². The molecule has 3 aromatic carbocycles. The number of rotatable bonds is 12. The van der Waals surface area contributed by atoms with Crippen molar-refractivity contribution in [2.45, 2.75) is 76.4 Å². The third-order valence-electron chi connectivity index (χ3n) is 8.16. The van der Waals surface area contributed by atoms with Crippen LogP contribution >= 0.6 is 0 Å². The summed E-state index contributed by atoms with van der Waals surface area (Å²) in [4.78, 5) is 39.7. The minimum atomic E-state index is -4.48. The molecule has 4 rings (SSSR count). The fourth-order valence-electron chi connectivity index (χ4n) is 5.51. The van der Waals surface area contributed by atoms with Crippen molar-refractivity contribution in [1.29, 1.82) is 0 Å². The summed E-state index contributed by atoms with van der Waals surface area (Å²) >= 11 is 0. The highest BCUT2D eigenvalue weighted by molar-refractivity contribution is 7.92. The number of carbonyl (C=O) groups is 2. The molecule has 45 heavy (non-hydrogen) atoms. The van der Waals surface area contributed by atoms with Crippen molar-refractivity contribution in [2.75, 3.05) is 18.0 Å². The van der Waals surface area contributed by atoms with Gasteiger partial charge in [0.05, 0.1) is 22.6 Å². The lowest BCUT2D eigenvalue weighted by Gasteiger charge is -2.33. The summed E-state index contributed by atoms with van der Waals surface area (Å²) in [6.45, 7) is 4.51.